The lowest BCUT2D eigenvalue weighted by atomic mass is 9.73. The normalized spacial score (nSPS) is 12.2. The summed E-state index contributed by atoms with van der Waals surface area (Å²) in [6.07, 6.45) is -6.82. The lowest BCUT2D eigenvalue weighted by Gasteiger charge is -2.38. The lowest BCUT2D eigenvalue weighted by molar-refractivity contribution is -0.288. The summed E-state index contributed by atoms with van der Waals surface area (Å²) in [5.74, 6) is -26.5. The second-order valence-corrected chi connectivity index (χ2v) is 14.9. The molecule has 340 valence electrons. The molecule has 0 saturated carbocycles. The fourth-order valence-corrected chi connectivity index (χ4v) is 7.16. The fraction of sp³-hybridized carbons (Fsp3) is 0.116. The molecule has 0 aliphatic carbocycles. The van der Waals surface area contributed by atoms with Gasteiger partial charge < -0.3 is 18.9 Å². The Balaban J connectivity index is 1.37. The molecule has 0 radical (unpaired) electrons. The van der Waals surface area contributed by atoms with Gasteiger partial charge in [0, 0.05) is 11.6 Å². The van der Waals surface area contributed by atoms with Crippen molar-refractivity contribution in [2.75, 3.05) is 7.11 Å². The Labute approximate surface area is 357 Å². The van der Waals surface area contributed by atoms with Crippen LogP contribution in [0.1, 0.15) is 22.3 Å². The highest BCUT2D eigenvalue weighted by atomic mass is 32.2. The van der Waals surface area contributed by atoms with E-state index in [0.29, 0.717) is 47.5 Å². The van der Waals surface area contributed by atoms with Crippen molar-refractivity contribution in [3.8, 4) is 63.7 Å². The molecule has 65 heavy (non-hydrogen) atoms. The molecule has 6 aromatic rings. The van der Waals surface area contributed by atoms with Gasteiger partial charge in [-0.15, -0.1) is 6.42 Å². The zero-order valence-electron chi connectivity index (χ0n) is 32.3. The molecular formula is C43H22F14O7S. The summed E-state index contributed by atoms with van der Waals surface area (Å²) in [5.41, 5.74) is -11.6. The molecule has 0 atom stereocenters. The van der Waals surface area contributed by atoms with Crippen molar-refractivity contribution in [3.63, 3.8) is 0 Å². The number of aryl methyl sites for hydroxylation is 1. The van der Waals surface area contributed by atoms with Gasteiger partial charge in [0.15, 0.2) is 23.3 Å². The topological polar surface area (TPSA) is 91.3 Å². The van der Waals surface area contributed by atoms with E-state index in [9.17, 15) is 39.3 Å². The van der Waals surface area contributed by atoms with Gasteiger partial charge in [0.05, 0.1) is 18.2 Å². The van der Waals surface area contributed by atoms with Gasteiger partial charge in [0.1, 0.15) is 33.6 Å². The van der Waals surface area contributed by atoms with E-state index in [-0.39, 0.29) is 29.4 Å². The smallest absolute Gasteiger partial charge is 0.411 e. The van der Waals surface area contributed by atoms with Crippen molar-refractivity contribution < 1.29 is 93.4 Å². The number of terminal acetylenes is 1. The zero-order chi connectivity index (χ0) is 48.1. The number of rotatable bonds is 11. The maximum absolute atomic E-state index is 15.5. The Hall–Kier alpha value is -6.99. The average Bonchev–Trinajstić information content (AvgIpc) is 3.23. The maximum Gasteiger partial charge on any atom is 0.411 e. The van der Waals surface area contributed by atoms with Gasteiger partial charge in [-0.3, -0.25) is 4.55 Å². The van der Waals surface area contributed by atoms with Crippen LogP contribution in [0.15, 0.2) is 89.8 Å². The molecule has 0 fully saturated rings. The van der Waals surface area contributed by atoms with Crippen LogP contribution in [0.25, 0.3) is 11.1 Å². The molecule has 1 N–H and O–H groups in total. The van der Waals surface area contributed by atoms with Crippen LogP contribution in [-0.2, 0) is 15.5 Å². The number of ether oxygens (including phenoxy) is 4. The molecule has 0 spiro atoms. The molecule has 0 saturated heterocycles. The highest BCUT2D eigenvalue weighted by molar-refractivity contribution is 7.86. The fourth-order valence-electron chi connectivity index (χ4n) is 6.53. The Morgan fingerprint density at radius 3 is 1.38 bits per heavy atom. The quantitative estimate of drug-likeness (QED) is 0.0599. The van der Waals surface area contributed by atoms with Gasteiger partial charge in [-0.05, 0) is 78.2 Å². The molecule has 0 heterocycles. The molecule has 0 unspecified atom stereocenters. The number of methoxy groups -OCH3 is 1. The van der Waals surface area contributed by atoms with Crippen LogP contribution in [0.3, 0.4) is 0 Å². The van der Waals surface area contributed by atoms with E-state index in [2.05, 4.69) is 5.92 Å². The van der Waals surface area contributed by atoms with Crippen LogP contribution < -0.4 is 18.9 Å². The lowest BCUT2D eigenvalue weighted by Crippen LogP contribution is -2.54. The van der Waals surface area contributed by atoms with Crippen LogP contribution in [0.2, 0.25) is 0 Å². The standard InChI is InChI=1S/C43H22F14O7S/c1-4-20-15-19(2)16-26(17-20)62-25-13-14-27(28(18-25)65(58,59)60)64-40-37(50)33(46)30(34(47)38(40)51)29-31(44)35(48)39(36(49)32(29)45)63-24-11-7-22(8-12-24)41(42(52,53)54,43(55,56)57)21-5-9-23(61-3)10-6-21/h1,5-18H,2-3H3,(H,58,59,60). The van der Waals surface area contributed by atoms with E-state index < -0.39 is 125 Å². The van der Waals surface area contributed by atoms with Gasteiger partial charge in [-0.1, -0.05) is 30.2 Å². The number of hydrogen-bond donors (Lipinski definition) is 1. The van der Waals surface area contributed by atoms with E-state index >= 15 is 35.1 Å². The minimum absolute atomic E-state index is 0.0388. The maximum atomic E-state index is 15.5. The predicted molar refractivity (Wildman–Crippen MR) is 199 cm³/mol. The van der Waals surface area contributed by atoms with Crippen molar-refractivity contribution in [1.82, 2.24) is 0 Å². The van der Waals surface area contributed by atoms with Crippen molar-refractivity contribution in [2.45, 2.75) is 29.6 Å². The first-order chi connectivity index (χ1) is 30.3. The van der Waals surface area contributed by atoms with Crippen LogP contribution in [0.5, 0.6) is 40.2 Å². The number of alkyl halides is 6. The second kappa shape index (κ2) is 17.2. The monoisotopic (exact) mass is 948 g/mol. The zero-order valence-corrected chi connectivity index (χ0v) is 33.1. The summed E-state index contributed by atoms with van der Waals surface area (Å²) in [7, 11) is -4.34. The second-order valence-electron chi connectivity index (χ2n) is 13.5. The molecule has 7 nitrogen and oxygen atoms in total. The number of benzene rings is 6. The van der Waals surface area contributed by atoms with E-state index in [4.69, 9.17) is 25.4 Å². The molecule has 0 aliphatic heterocycles. The minimum Gasteiger partial charge on any atom is -0.497 e. The van der Waals surface area contributed by atoms with E-state index in [0.717, 1.165) is 25.3 Å². The van der Waals surface area contributed by atoms with Crippen molar-refractivity contribution >= 4 is 10.1 Å². The molecule has 0 aliphatic rings. The minimum atomic E-state index is -6.10. The first kappa shape index (κ1) is 47.5. The number of halogens is 14. The Morgan fingerprint density at radius 1 is 0.538 bits per heavy atom. The summed E-state index contributed by atoms with van der Waals surface area (Å²) in [6.45, 7) is 1.62. The van der Waals surface area contributed by atoms with Gasteiger partial charge >= 0.3 is 12.4 Å². The van der Waals surface area contributed by atoms with Crippen LogP contribution in [0, 0.1) is 65.8 Å². The van der Waals surface area contributed by atoms with Gasteiger partial charge in [-0.25, -0.2) is 17.6 Å². The molecule has 0 bridgehead atoms. The molecular weight excluding hydrogens is 927 g/mol. The first-order valence-corrected chi connectivity index (χ1v) is 19.0. The summed E-state index contributed by atoms with van der Waals surface area (Å²) < 4.78 is 265. The Bertz CT molecular complexity index is 2930. The Morgan fingerprint density at radius 2 is 0.969 bits per heavy atom. The largest absolute Gasteiger partial charge is 0.497 e. The van der Waals surface area contributed by atoms with Crippen molar-refractivity contribution in [1.29, 1.82) is 0 Å². The van der Waals surface area contributed by atoms with Crippen LogP contribution >= 0.6 is 0 Å². The highest BCUT2D eigenvalue weighted by Gasteiger charge is 2.72. The van der Waals surface area contributed by atoms with Crippen LogP contribution in [0.4, 0.5) is 61.5 Å². The summed E-state index contributed by atoms with van der Waals surface area (Å²) >= 11 is 0. The molecule has 22 heteroatoms. The summed E-state index contributed by atoms with van der Waals surface area (Å²) in [6, 6.07) is 9.90. The summed E-state index contributed by atoms with van der Waals surface area (Å²) in [4.78, 5) is -1.31. The SMILES string of the molecule is C#Cc1cc(C)cc(Oc2ccc(Oc3c(F)c(F)c(-c4c(F)c(F)c(Oc5ccc(C(c6ccc(OC)cc6)(C(F)(F)F)C(F)(F)F)cc5)c(F)c4F)c(F)c3F)c(S(=O)(=O)O)c2)c1. The molecule has 0 amide bonds. The average molecular weight is 949 g/mol. The van der Waals surface area contributed by atoms with E-state index in [1.165, 1.54) is 12.1 Å². The van der Waals surface area contributed by atoms with Gasteiger partial charge in [0.2, 0.25) is 40.2 Å². The van der Waals surface area contributed by atoms with Crippen LogP contribution in [-0.4, -0.2) is 32.4 Å². The van der Waals surface area contributed by atoms with Crippen molar-refractivity contribution in [2.24, 2.45) is 0 Å². The molecule has 6 rings (SSSR count). The Kier molecular flexibility index (Phi) is 12.6. The van der Waals surface area contributed by atoms with E-state index in [1.54, 1.807) is 13.0 Å². The third-order valence-electron chi connectivity index (χ3n) is 9.44. The highest BCUT2D eigenvalue weighted by Crippen LogP contribution is 2.56. The van der Waals surface area contributed by atoms with Gasteiger partial charge in [0.25, 0.3) is 10.1 Å². The molecule has 6 aromatic carbocycles. The van der Waals surface area contributed by atoms with E-state index in [1.807, 2.05) is 0 Å². The summed E-state index contributed by atoms with van der Waals surface area (Å²) in [5, 5.41) is 0. The number of hydrogen-bond acceptors (Lipinski definition) is 6. The molecule has 0 aromatic heterocycles. The third-order valence-corrected chi connectivity index (χ3v) is 10.3. The van der Waals surface area contributed by atoms with Crippen molar-refractivity contribution in [3.05, 3.63) is 154 Å². The third kappa shape index (κ3) is 8.55. The predicted octanol–water partition coefficient (Wildman–Crippen LogP) is 12.8. The van der Waals surface area contributed by atoms with Gasteiger partial charge in [-0.2, -0.15) is 52.3 Å². The first-order valence-electron chi connectivity index (χ1n) is 17.6.